The van der Waals surface area contributed by atoms with Crippen LogP contribution >= 0.6 is 0 Å². The monoisotopic (exact) mass is 282 g/mol. The molecule has 0 radical (unpaired) electrons. The second-order valence-corrected chi connectivity index (χ2v) is 6.96. The quantitative estimate of drug-likeness (QED) is 0.833. The number of phenolic OH excluding ortho intramolecular Hbond substituents is 2. The van der Waals surface area contributed by atoms with Gasteiger partial charge in [-0.15, -0.1) is 0 Å². The fourth-order valence-electron chi connectivity index (χ4n) is 2.39. The number of benzene rings is 1. The summed E-state index contributed by atoms with van der Waals surface area (Å²) in [5, 5.41) is 19.7. The summed E-state index contributed by atoms with van der Waals surface area (Å²) in [7, 11) is -3.21. The lowest BCUT2D eigenvalue weighted by Crippen LogP contribution is -2.10. The molecule has 0 heterocycles. The van der Waals surface area contributed by atoms with Gasteiger partial charge in [0.05, 0.1) is 5.75 Å². The van der Waals surface area contributed by atoms with Gasteiger partial charge in [0.1, 0.15) is 0 Å². The normalized spacial score (nSPS) is 17.3. The Morgan fingerprint density at radius 2 is 1.84 bits per heavy atom. The number of rotatable bonds is 4. The molecule has 2 N–H and O–H groups in total. The van der Waals surface area contributed by atoms with Crippen LogP contribution in [0.25, 0.3) is 6.08 Å². The molecule has 1 saturated carbocycles. The van der Waals surface area contributed by atoms with Crippen LogP contribution < -0.4 is 0 Å². The van der Waals surface area contributed by atoms with Crippen molar-refractivity contribution in [3.63, 3.8) is 0 Å². The van der Waals surface area contributed by atoms with Crippen LogP contribution in [0.2, 0.25) is 0 Å². The summed E-state index contributed by atoms with van der Waals surface area (Å²) >= 11 is 0. The van der Waals surface area contributed by atoms with Crippen LogP contribution in [0.1, 0.15) is 31.2 Å². The Morgan fingerprint density at radius 1 is 1.16 bits per heavy atom. The van der Waals surface area contributed by atoms with Crippen molar-refractivity contribution in [2.75, 3.05) is 5.75 Å². The first-order chi connectivity index (χ1) is 8.96. The number of aromatic hydroxyl groups is 2. The van der Waals surface area contributed by atoms with E-state index in [1.807, 2.05) is 0 Å². The Labute approximate surface area is 113 Å². The van der Waals surface area contributed by atoms with Gasteiger partial charge in [-0.25, -0.2) is 8.42 Å². The van der Waals surface area contributed by atoms with Crippen LogP contribution in [0.15, 0.2) is 23.6 Å². The summed E-state index contributed by atoms with van der Waals surface area (Å²) in [6.07, 6.45) is 5.68. The van der Waals surface area contributed by atoms with Gasteiger partial charge in [0.15, 0.2) is 21.3 Å². The molecule has 0 atom stereocenters. The molecule has 104 valence electrons. The SMILES string of the molecule is O=S(=O)(/C=C/c1ccc(O)c(O)c1)CC1CCCC1. The molecule has 0 unspecified atom stereocenters. The van der Waals surface area contributed by atoms with Gasteiger partial charge in [-0.05, 0) is 42.5 Å². The van der Waals surface area contributed by atoms with Gasteiger partial charge in [0, 0.05) is 5.41 Å². The van der Waals surface area contributed by atoms with Crippen molar-refractivity contribution in [1.82, 2.24) is 0 Å². The van der Waals surface area contributed by atoms with Crippen LogP contribution in [-0.2, 0) is 9.84 Å². The van der Waals surface area contributed by atoms with Gasteiger partial charge in [-0.2, -0.15) is 0 Å². The third-order valence-electron chi connectivity index (χ3n) is 3.41. The third-order valence-corrected chi connectivity index (χ3v) is 4.90. The predicted molar refractivity (Wildman–Crippen MR) is 74.6 cm³/mol. The second-order valence-electron chi connectivity index (χ2n) is 5.03. The number of sulfone groups is 1. The number of hydrogen-bond donors (Lipinski definition) is 2. The van der Waals surface area contributed by atoms with Crippen LogP contribution in [0, 0.1) is 5.92 Å². The largest absolute Gasteiger partial charge is 0.504 e. The molecule has 5 heteroatoms. The molecule has 0 spiro atoms. The molecular weight excluding hydrogens is 264 g/mol. The molecular formula is C14H18O4S. The van der Waals surface area contributed by atoms with Gasteiger partial charge in [0.2, 0.25) is 0 Å². The third kappa shape index (κ3) is 3.99. The van der Waals surface area contributed by atoms with Crippen molar-refractivity contribution in [3.05, 3.63) is 29.2 Å². The lowest BCUT2D eigenvalue weighted by atomic mass is 10.1. The van der Waals surface area contributed by atoms with E-state index in [0.29, 0.717) is 5.56 Å². The van der Waals surface area contributed by atoms with E-state index in [0.717, 1.165) is 25.7 Å². The smallest absolute Gasteiger partial charge is 0.171 e. The number of phenols is 2. The fraction of sp³-hybridized carbons (Fsp3) is 0.429. The van der Waals surface area contributed by atoms with E-state index in [1.54, 1.807) is 6.07 Å². The van der Waals surface area contributed by atoms with E-state index in [4.69, 9.17) is 5.11 Å². The van der Waals surface area contributed by atoms with Crippen LogP contribution in [-0.4, -0.2) is 24.4 Å². The Kier molecular flexibility index (Phi) is 4.14. The second kappa shape index (κ2) is 5.65. The predicted octanol–water partition coefficient (Wildman–Crippen LogP) is 2.67. The van der Waals surface area contributed by atoms with Crippen LogP contribution in [0.4, 0.5) is 0 Å². The van der Waals surface area contributed by atoms with Crippen molar-refractivity contribution in [3.8, 4) is 11.5 Å². The van der Waals surface area contributed by atoms with Crippen molar-refractivity contribution in [1.29, 1.82) is 0 Å². The summed E-state index contributed by atoms with van der Waals surface area (Å²) in [5.74, 6) is 0.0114. The Morgan fingerprint density at radius 3 is 2.47 bits per heavy atom. The maximum absolute atomic E-state index is 11.9. The molecule has 0 saturated heterocycles. The molecule has 1 aliphatic rings. The van der Waals surface area contributed by atoms with Crippen molar-refractivity contribution >= 4 is 15.9 Å². The summed E-state index contributed by atoms with van der Waals surface area (Å²) < 4.78 is 23.8. The van der Waals surface area contributed by atoms with Crippen molar-refractivity contribution in [2.24, 2.45) is 5.92 Å². The molecule has 19 heavy (non-hydrogen) atoms. The maximum Gasteiger partial charge on any atom is 0.171 e. The summed E-state index contributed by atoms with van der Waals surface area (Å²) in [5.41, 5.74) is 0.547. The van der Waals surface area contributed by atoms with E-state index in [-0.39, 0.29) is 23.2 Å². The van der Waals surface area contributed by atoms with E-state index < -0.39 is 9.84 Å². The van der Waals surface area contributed by atoms with E-state index in [2.05, 4.69) is 0 Å². The molecule has 2 rings (SSSR count). The summed E-state index contributed by atoms with van der Waals surface area (Å²) in [6, 6.07) is 4.21. The first-order valence-corrected chi connectivity index (χ1v) is 8.11. The standard InChI is InChI=1S/C14H18O4S/c15-13-6-5-11(9-14(13)16)7-8-19(17,18)10-12-3-1-2-4-12/h5-9,12,15-16H,1-4,10H2/b8-7+. The molecule has 0 bridgehead atoms. The summed E-state index contributed by atoms with van der Waals surface area (Å²) in [4.78, 5) is 0. The molecule has 0 amide bonds. The highest BCUT2D eigenvalue weighted by Gasteiger charge is 2.20. The highest BCUT2D eigenvalue weighted by molar-refractivity contribution is 7.94. The molecule has 1 aromatic rings. The minimum atomic E-state index is -3.21. The molecule has 1 fully saturated rings. The van der Waals surface area contributed by atoms with Crippen LogP contribution in [0.5, 0.6) is 11.5 Å². The van der Waals surface area contributed by atoms with Gasteiger partial charge >= 0.3 is 0 Å². The van der Waals surface area contributed by atoms with E-state index in [1.165, 1.54) is 23.6 Å². The Bertz CT molecular complexity index is 569. The minimum absolute atomic E-state index is 0.202. The Hall–Kier alpha value is -1.49. The van der Waals surface area contributed by atoms with E-state index in [9.17, 15) is 13.5 Å². The Balaban J connectivity index is 2.05. The lowest BCUT2D eigenvalue weighted by molar-refractivity contribution is 0.403. The molecule has 0 aromatic heterocycles. The summed E-state index contributed by atoms with van der Waals surface area (Å²) in [6.45, 7) is 0. The highest BCUT2D eigenvalue weighted by atomic mass is 32.2. The maximum atomic E-state index is 11.9. The zero-order valence-electron chi connectivity index (χ0n) is 10.6. The average molecular weight is 282 g/mol. The van der Waals surface area contributed by atoms with Gasteiger partial charge in [-0.1, -0.05) is 18.9 Å². The van der Waals surface area contributed by atoms with Gasteiger partial charge < -0.3 is 10.2 Å². The van der Waals surface area contributed by atoms with Crippen molar-refractivity contribution < 1.29 is 18.6 Å². The first-order valence-electron chi connectivity index (χ1n) is 6.39. The zero-order valence-corrected chi connectivity index (χ0v) is 11.4. The average Bonchev–Trinajstić information content (AvgIpc) is 2.83. The topological polar surface area (TPSA) is 74.6 Å². The zero-order chi connectivity index (χ0) is 13.9. The van der Waals surface area contributed by atoms with Gasteiger partial charge in [0.25, 0.3) is 0 Å². The van der Waals surface area contributed by atoms with Crippen LogP contribution in [0.3, 0.4) is 0 Å². The lowest BCUT2D eigenvalue weighted by Gasteiger charge is -2.06. The molecule has 4 nitrogen and oxygen atoms in total. The van der Waals surface area contributed by atoms with Gasteiger partial charge in [-0.3, -0.25) is 0 Å². The highest BCUT2D eigenvalue weighted by Crippen LogP contribution is 2.27. The minimum Gasteiger partial charge on any atom is -0.504 e. The van der Waals surface area contributed by atoms with E-state index >= 15 is 0 Å². The molecule has 1 aliphatic carbocycles. The number of hydrogen-bond acceptors (Lipinski definition) is 4. The molecule has 1 aromatic carbocycles. The van der Waals surface area contributed by atoms with Crippen molar-refractivity contribution in [2.45, 2.75) is 25.7 Å². The first kappa shape index (κ1) is 13.9. The fourth-order valence-corrected chi connectivity index (χ4v) is 3.85. The molecule has 0 aliphatic heterocycles.